The molecule has 2 N–H and O–H groups in total. The van der Waals surface area contributed by atoms with Gasteiger partial charge in [0.1, 0.15) is 5.78 Å². The largest absolute Gasteiger partial charge is 0.393 e. The average Bonchev–Trinajstić information content (AvgIpc) is 2.85. The molecular formula is C30H48O3. The molecule has 9 atom stereocenters. The highest BCUT2D eigenvalue weighted by Gasteiger charge is 2.63. The molecule has 0 saturated heterocycles. The molecule has 0 spiro atoms. The van der Waals surface area contributed by atoms with Gasteiger partial charge in [0.15, 0.2) is 0 Å². The third-order valence-electron chi connectivity index (χ3n) is 12.5. The van der Waals surface area contributed by atoms with Gasteiger partial charge in [0.25, 0.3) is 0 Å². The summed E-state index contributed by atoms with van der Waals surface area (Å²) in [7, 11) is 0. The van der Waals surface area contributed by atoms with Crippen LogP contribution in [0.3, 0.4) is 0 Å². The zero-order chi connectivity index (χ0) is 24.2. The summed E-state index contributed by atoms with van der Waals surface area (Å²) in [4.78, 5) is 13.7. The van der Waals surface area contributed by atoms with E-state index in [0.29, 0.717) is 30.0 Å². The van der Waals surface area contributed by atoms with E-state index in [2.05, 4.69) is 54.5 Å². The third-order valence-corrected chi connectivity index (χ3v) is 12.5. The fourth-order valence-corrected chi connectivity index (χ4v) is 10.8. The number of fused-ring (bicyclic) bond motifs is 6. The number of carbonyl (C=O) groups excluding carboxylic acids is 1. The number of carbonyl (C=O) groups is 1. The van der Waals surface area contributed by atoms with E-state index < -0.39 is 0 Å². The van der Waals surface area contributed by atoms with Crippen molar-refractivity contribution in [1.82, 2.24) is 0 Å². The van der Waals surface area contributed by atoms with Gasteiger partial charge in [-0.25, -0.2) is 0 Å². The number of hydrogen-bond donors (Lipinski definition) is 2. The van der Waals surface area contributed by atoms with Crippen LogP contribution in [0.1, 0.15) is 106 Å². The number of rotatable bonds is 0. The maximum absolute atomic E-state index is 13.7. The van der Waals surface area contributed by atoms with Crippen LogP contribution in [0.2, 0.25) is 0 Å². The van der Waals surface area contributed by atoms with Gasteiger partial charge in [0, 0.05) is 17.8 Å². The van der Waals surface area contributed by atoms with Gasteiger partial charge < -0.3 is 10.2 Å². The Kier molecular flexibility index (Phi) is 5.24. The summed E-state index contributed by atoms with van der Waals surface area (Å²) in [5.74, 6) is 1.94. The molecule has 0 amide bonds. The van der Waals surface area contributed by atoms with E-state index in [1.165, 1.54) is 31.3 Å². The van der Waals surface area contributed by atoms with E-state index in [-0.39, 0.29) is 45.2 Å². The quantitative estimate of drug-likeness (QED) is 0.419. The number of aliphatic hydroxyl groups excluding tert-OH is 2. The van der Waals surface area contributed by atoms with Gasteiger partial charge in [-0.1, -0.05) is 60.1 Å². The molecule has 9 unspecified atom stereocenters. The predicted molar refractivity (Wildman–Crippen MR) is 132 cm³/mol. The average molecular weight is 457 g/mol. The standard InChI is InChI=1S/C30H48O3/c1-26(2)21-10-13-28(5)17-18-16-20(31)25-27(3,4)24(33)11-14-29(25,6)19(18)8-9-22(28)30(21,7)15-12-23(26)32/h17,19,21-25,32-33H,8-16H2,1-7H3. The van der Waals surface area contributed by atoms with Crippen molar-refractivity contribution in [2.75, 3.05) is 0 Å². The molecule has 4 fully saturated rings. The van der Waals surface area contributed by atoms with Crippen molar-refractivity contribution in [2.24, 2.45) is 50.7 Å². The molecular weight excluding hydrogens is 408 g/mol. The van der Waals surface area contributed by atoms with Crippen LogP contribution in [0.25, 0.3) is 0 Å². The molecule has 5 rings (SSSR count). The zero-order valence-electron chi connectivity index (χ0n) is 22.2. The summed E-state index contributed by atoms with van der Waals surface area (Å²) < 4.78 is 0. The summed E-state index contributed by atoms with van der Waals surface area (Å²) in [6.45, 7) is 16.3. The number of aliphatic hydroxyl groups is 2. The van der Waals surface area contributed by atoms with Gasteiger partial charge >= 0.3 is 0 Å². The molecule has 186 valence electrons. The lowest BCUT2D eigenvalue weighted by Gasteiger charge is -2.63. The lowest BCUT2D eigenvalue weighted by molar-refractivity contribution is -0.165. The molecule has 0 aromatic heterocycles. The Labute approximate surface area is 201 Å². The van der Waals surface area contributed by atoms with Gasteiger partial charge in [0.05, 0.1) is 12.2 Å². The second-order valence-corrected chi connectivity index (χ2v) is 14.8. The maximum atomic E-state index is 13.7. The van der Waals surface area contributed by atoms with E-state index in [1.807, 2.05) is 0 Å². The first-order valence-corrected chi connectivity index (χ1v) is 13.8. The van der Waals surface area contributed by atoms with Gasteiger partial charge in [-0.2, -0.15) is 0 Å². The van der Waals surface area contributed by atoms with Gasteiger partial charge in [-0.15, -0.1) is 0 Å². The van der Waals surface area contributed by atoms with Crippen LogP contribution in [-0.4, -0.2) is 28.2 Å². The van der Waals surface area contributed by atoms with Crippen LogP contribution in [-0.2, 0) is 4.79 Å². The van der Waals surface area contributed by atoms with Gasteiger partial charge in [-0.3, -0.25) is 4.79 Å². The molecule has 0 aliphatic heterocycles. The molecule has 5 aliphatic rings. The maximum Gasteiger partial charge on any atom is 0.141 e. The van der Waals surface area contributed by atoms with E-state index in [0.717, 1.165) is 25.7 Å². The minimum Gasteiger partial charge on any atom is -0.393 e. The Morgan fingerprint density at radius 3 is 2.00 bits per heavy atom. The normalized spacial score (nSPS) is 53.0. The number of allylic oxidation sites excluding steroid dienone is 2. The van der Waals surface area contributed by atoms with Crippen molar-refractivity contribution in [1.29, 1.82) is 0 Å². The van der Waals surface area contributed by atoms with E-state index in [9.17, 15) is 15.0 Å². The summed E-state index contributed by atoms with van der Waals surface area (Å²) in [6, 6.07) is 0. The molecule has 0 bridgehead atoms. The van der Waals surface area contributed by atoms with Crippen molar-refractivity contribution in [3.8, 4) is 0 Å². The lowest BCUT2D eigenvalue weighted by Crippen LogP contribution is -2.58. The minimum absolute atomic E-state index is 0.0306. The Morgan fingerprint density at radius 2 is 1.33 bits per heavy atom. The van der Waals surface area contributed by atoms with E-state index >= 15 is 0 Å². The summed E-state index contributed by atoms with van der Waals surface area (Å²) in [5, 5.41) is 21.7. The van der Waals surface area contributed by atoms with Crippen LogP contribution in [0.15, 0.2) is 11.6 Å². The van der Waals surface area contributed by atoms with Crippen LogP contribution in [0, 0.1) is 50.7 Å². The lowest BCUT2D eigenvalue weighted by atomic mass is 9.42. The van der Waals surface area contributed by atoms with Crippen LogP contribution >= 0.6 is 0 Å². The van der Waals surface area contributed by atoms with Gasteiger partial charge in [-0.05, 0) is 90.8 Å². The number of Topliss-reactive ketones (excluding diaryl/α,β-unsaturated/α-hetero) is 1. The Hall–Kier alpha value is -0.670. The first-order valence-electron chi connectivity index (χ1n) is 13.8. The Balaban J connectivity index is 1.55. The molecule has 0 heterocycles. The molecule has 33 heavy (non-hydrogen) atoms. The zero-order valence-corrected chi connectivity index (χ0v) is 22.2. The SMILES string of the molecule is CC12C=C3CC(=O)C4C(C)(C)C(O)CCC4(C)C3CCC1C1(C)CCC(O)C(C)(C)C1CC2. The van der Waals surface area contributed by atoms with Crippen LogP contribution in [0.5, 0.6) is 0 Å². The molecule has 0 aromatic carbocycles. The highest BCUT2D eigenvalue weighted by molar-refractivity contribution is 5.87. The van der Waals surface area contributed by atoms with Crippen LogP contribution in [0.4, 0.5) is 0 Å². The van der Waals surface area contributed by atoms with E-state index in [1.54, 1.807) is 0 Å². The molecule has 5 aliphatic carbocycles. The second kappa shape index (κ2) is 7.19. The Bertz CT molecular complexity index is 870. The highest BCUT2D eigenvalue weighted by Crippen LogP contribution is 2.69. The minimum atomic E-state index is -0.383. The second-order valence-electron chi connectivity index (χ2n) is 14.8. The summed E-state index contributed by atoms with van der Waals surface area (Å²) in [5.41, 5.74) is 1.38. The smallest absolute Gasteiger partial charge is 0.141 e. The Morgan fingerprint density at radius 1 is 0.727 bits per heavy atom. The molecule has 0 radical (unpaired) electrons. The fourth-order valence-electron chi connectivity index (χ4n) is 10.8. The van der Waals surface area contributed by atoms with Crippen molar-refractivity contribution < 1.29 is 15.0 Å². The fraction of sp³-hybridized carbons (Fsp3) is 0.900. The number of hydrogen-bond acceptors (Lipinski definition) is 3. The van der Waals surface area contributed by atoms with Crippen molar-refractivity contribution in [3.63, 3.8) is 0 Å². The predicted octanol–water partition coefficient (Wildman–Crippen LogP) is 6.32. The molecule has 0 aromatic rings. The highest BCUT2D eigenvalue weighted by atomic mass is 16.3. The topological polar surface area (TPSA) is 57.5 Å². The summed E-state index contributed by atoms with van der Waals surface area (Å²) in [6.07, 6.45) is 11.2. The van der Waals surface area contributed by atoms with Crippen molar-refractivity contribution in [2.45, 2.75) is 118 Å². The van der Waals surface area contributed by atoms with Crippen molar-refractivity contribution in [3.05, 3.63) is 11.6 Å². The first kappa shape index (κ1) is 24.0. The molecule has 4 saturated carbocycles. The van der Waals surface area contributed by atoms with Gasteiger partial charge in [0.2, 0.25) is 0 Å². The third kappa shape index (κ3) is 3.09. The molecule has 3 nitrogen and oxygen atoms in total. The van der Waals surface area contributed by atoms with Crippen molar-refractivity contribution >= 4 is 5.78 Å². The van der Waals surface area contributed by atoms with Crippen LogP contribution < -0.4 is 0 Å². The monoisotopic (exact) mass is 456 g/mol. The number of ketones is 1. The molecule has 3 heteroatoms. The first-order chi connectivity index (χ1) is 15.2. The summed E-state index contributed by atoms with van der Waals surface area (Å²) >= 11 is 0. The van der Waals surface area contributed by atoms with E-state index in [4.69, 9.17) is 0 Å².